The van der Waals surface area contributed by atoms with E-state index in [9.17, 15) is 25.2 Å². The van der Waals surface area contributed by atoms with Gasteiger partial charge in [-0.05, 0) is 85.9 Å². The molecule has 6 rings (SSSR count). The topological polar surface area (TPSA) is 107 Å². The average molecular weight is 505 g/mol. The summed E-state index contributed by atoms with van der Waals surface area (Å²) in [4.78, 5) is 13.1. The van der Waals surface area contributed by atoms with Crippen LogP contribution in [-0.4, -0.2) is 56.9 Å². The molecule has 0 aromatic heterocycles. The minimum absolute atomic E-state index is 0.0816. The second kappa shape index (κ2) is 7.08. The summed E-state index contributed by atoms with van der Waals surface area (Å²) in [6, 6.07) is 0. The third-order valence-electron chi connectivity index (χ3n) is 14.1. The van der Waals surface area contributed by atoms with Gasteiger partial charge in [0.1, 0.15) is 11.5 Å². The highest BCUT2D eigenvalue weighted by molar-refractivity contribution is 5.84. The molecule has 5 aliphatic carbocycles. The number of esters is 1. The first-order chi connectivity index (χ1) is 16.6. The molecule has 5 saturated carbocycles. The molecule has 1 saturated heterocycles. The van der Waals surface area contributed by atoms with Gasteiger partial charge in [-0.2, -0.15) is 0 Å². The van der Waals surface area contributed by atoms with Gasteiger partial charge in [-0.25, -0.2) is 0 Å². The van der Waals surface area contributed by atoms with Crippen LogP contribution >= 0.6 is 0 Å². The Morgan fingerprint density at radius 1 is 0.861 bits per heavy atom. The number of hydrogen-bond acceptors (Lipinski definition) is 6. The molecule has 6 fully saturated rings. The molecule has 12 atom stereocenters. The van der Waals surface area contributed by atoms with Gasteiger partial charge in [0.2, 0.25) is 0 Å². The summed E-state index contributed by atoms with van der Waals surface area (Å²) in [7, 11) is 0. The van der Waals surface area contributed by atoms with Crippen molar-refractivity contribution < 1.29 is 30.0 Å². The Balaban J connectivity index is 1.45. The fraction of sp³-hybridized carbons (Fsp3) is 0.967. The molecular formula is C30H48O6. The van der Waals surface area contributed by atoms with Crippen molar-refractivity contribution in [2.24, 2.45) is 50.2 Å². The molecular weight excluding hydrogens is 456 g/mol. The normalized spacial score (nSPS) is 61.3. The van der Waals surface area contributed by atoms with Crippen LogP contribution in [0, 0.1) is 50.2 Å². The number of rotatable bonds is 1. The van der Waals surface area contributed by atoms with Crippen LogP contribution in [0.1, 0.15) is 99.3 Å². The van der Waals surface area contributed by atoms with Crippen molar-refractivity contribution in [3.63, 3.8) is 0 Å². The molecule has 6 aliphatic rings. The predicted molar refractivity (Wildman–Crippen MR) is 135 cm³/mol. The van der Waals surface area contributed by atoms with E-state index in [2.05, 4.69) is 34.6 Å². The summed E-state index contributed by atoms with van der Waals surface area (Å²) in [6.45, 7) is 13.3. The van der Waals surface area contributed by atoms with Crippen LogP contribution < -0.4 is 0 Å². The van der Waals surface area contributed by atoms with E-state index < -0.39 is 34.1 Å². The number of hydrogen-bond donors (Lipinski definition) is 4. The second-order valence-corrected chi connectivity index (χ2v) is 15.8. The van der Waals surface area contributed by atoms with Crippen molar-refractivity contribution >= 4 is 5.97 Å². The van der Waals surface area contributed by atoms with Crippen LogP contribution in [0.4, 0.5) is 0 Å². The number of aliphatic hydroxyl groups excluding tert-OH is 3. The third-order valence-corrected chi connectivity index (χ3v) is 14.1. The van der Waals surface area contributed by atoms with Crippen molar-refractivity contribution in [2.75, 3.05) is 6.61 Å². The first kappa shape index (κ1) is 25.6. The lowest BCUT2D eigenvalue weighted by Gasteiger charge is -2.77. The van der Waals surface area contributed by atoms with Crippen LogP contribution in [0.5, 0.6) is 0 Å². The van der Waals surface area contributed by atoms with E-state index in [0.717, 1.165) is 38.5 Å². The van der Waals surface area contributed by atoms with Gasteiger partial charge in [0, 0.05) is 16.7 Å². The van der Waals surface area contributed by atoms with Crippen LogP contribution in [0.2, 0.25) is 0 Å². The van der Waals surface area contributed by atoms with Gasteiger partial charge in [-0.1, -0.05) is 41.5 Å². The summed E-state index contributed by atoms with van der Waals surface area (Å²) in [5, 5.41) is 45.3. The Bertz CT molecular complexity index is 980. The van der Waals surface area contributed by atoms with Gasteiger partial charge in [-0.15, -0.1) is 0 Å². The Kier molecular flexibility index (Phi) is 5.03. The van der Waals surface area contributed by atoms with Crippen molar-refractivity contribution in [3.05, 3.63) is 0 Å². The maximum absolute atomic E-state index is 13.1. The Labute approximate surface area is 216 Å². The van der Waals surface area contributed by atoms with Gasteiger partial charge >= 0.3 is 5.97 Å². The lowest BCUT2D eigenvalue weighted by molar-refractivity contribution is -0.355. The van der Waals surface area contributed by atoms with E-state index in [1.54, 1.807) is 0 Å². The van der Waals surface area contributed by atoms with Crippen molar-refractivity contribution in [1.82, 2.24) is 0 Å². The molecule has 1 heterocycles. The lowest BCUT2D eigenvalue weighted by atomic mass is 9.29. The smallest absolute Gasteiger partial charge is 0.316 e. The fourth-order valence-electron chi connectivity index (χ4n) is 11.9. The Morgan fingerprint density at radius 3 is 2.17 bits per heavy atom. The molecule has 1 aliphatic heterocycles. The largest absolute Gasteiger partial charge is 0.461 e. The van der Waals surface area contributed by atoms with Crippen LogP contribution in [-0.2, 0) is 9.53 Å². The lowest BCUT2D eigenvalue weighted by Crippen LogP contribution is -2.80. The monoisotopic (exact) mass is 504 g/mol. The number of fused-ring (bicyclic) bond motifs is 6. The van der Waals surface area contributed by atoms with E-state index in [-0.39, 0.29) is 52.7 Å². The highest BCUT2D eigenvalue weighted by Crippen LogP contribution is 2.79. The summed E-state index contributed by atoms with van der Waals surface area (Å²) >= 11 is 0. The zero-order valence-corrected chi connectivity index (χ0v) is 23.1. The highest BCUT2D eigenvalue weighted by atomic mass is 16.6. The summed E-state index contributed by atoms with van der Waals surface area (Å²) < 4.78 is 5.91. The zero-order chi connectivity index (χ0) is 26.3. The van der Waals surface area contributed by atoms with Gasteiger partial charge in [0.15, 0.2) is 0 Å². The van der Waals surface area contributed by atoms with Crippen molar-refractivity contribution in [2.45, 2.75) is 123 Å². The van der Waals surface area contributed by atoms with Crippen molar-refractivity contribution in [1.29, 1.82) is 0 Å². The maximum atomic E-state index is 13.1. The first-order valence-corrected chi connectivity index (χ1v) is 14.5. The molecule has 4 N–H and O–H groups in total. The van der Waals surface area contributed by atoms with Gasteiger partial charge in [-0.3, -0.25) is 4.79 Å². The molecule has 0 amide bonds. The summed E-state index contributed by atoms with van der Waals surface area (Å²) in [5.74, 6) is 0.152. The van der Waals surface area contributed by atoms with E-state index in [0.29, 0.717) is 19.3 Å². The molecule has 204 valence electrons. The fourth-order valence-corrected chi connectivity index (χ4v) is 11.9. The van der Waals surface area contributed by atoms with E-state index >= 15 is 0 Å². The second-order valence-electron chi connectivity index (χ2n) is 15.8. The SMILES string of the molecule is CC1(C)CCC23C(=O)OC2CC2(C)C4(C)CCC5C(C)(CO)C(O)C(O)CC5(C)C4CCC2(O)C3C1. The molecule has 0 bridgehead atoms. The minimum Gasteiger partial charge on any atom is -0.461 e. The molecule has 0 aromatic rings. The van der Waals surface area contributed by atoms with Gasteiger partial charge in [0.05, 0.1) is 24.4 Å². The molecule has 6 heteroatoms. The molecule has 6 nitrogen and oxygen atoms in total. The molecule has 1 spiro atoms. The molecule has 36 heavy (non-hydrogen) atoms. The predicted octanol–water partition coefficient (Wildman–Crippen LogP) is 3.82. The van der Waals surface area contributed by atoms with E-state index in [1.807, 2.05) is 6.92 Å². The first-order valence-electron chi connectivity index (χ1n) is 14.5. The quantitative estimate of drug-likeness (QED) is 0.405. The van der Waals surface area contributed by atoms with Crippen LogP contribution in [0.15, 0.2) is 0 Å². The highest BCUT2D eigenvalue weighted by Gasteiger charge is 2.81. The van der Waals surface area contributed by atoms with Crippen molar-refractivity contribution in [3.8, 4) is 0 Å². The minimum atomic E-state index is -0.942. The Morgan fingerprint density at radius 2 is 1.53 bits per heavy atom. The summed E-state index contributed by atoms with van der Waals surface area (Å²) in [5.41, 5.74) is -3.04. The molecule has 0 aromatic carbocycles. The van der Waals surface area contributed by atoms with Gasteiger partial charge in [0.25, 0.3) is 0 Å². The number of aliphatic hydroxyl groups is 4. The number of carbonyl (C=O) groups excluding carboxylic acids is 1. The maximum Gasteiger partial charge on any atom is 0.316 e. The van der Waals surface area contributed by atoms with Crippen LogP contribution in [0.25, 0.3) is 0 Å². The standard InChI is InChI=1S/C30H48O6/c1-24(2)11-12-29-20(14-24)30(35)10-8-19-25(3)13-17(32)22(33)26(4,16-31)18(25)7-9-27(19,5)28(30,6)15-21(29)36-23(29)34/h17-22,31-33,35H,7-16H2,1-6H3. The summed E-state index contributed by atoms with van der Waals surface area (Å²) in [6.07, 6.45) is 5.17. The number of carbonyl (C=O) groups is 1. The average Bonchev–Trinajstić information content (AvgIpc) is 2.79. The van der Waals surface area contributed by atoms with Crippen LogP contribution in [0.3, 0.4) is 0 Å². The van der Waals surface area contributed by atoms with E-state index in [4.69, 9.17) is 4.74 Å². The molecule has 0 radical (unpaired) electrons. The van der Waals surface area contributed by atoms with E-state index in [1.165, 1.54) is 0 Å². The Hall–Kier alpha value is -0.690. The molecule has 12 unspecified atom stereocenters. The third kappa shape index (κ3) is 2.57. The zero-order valence-electron chi connectivity index (χ0n) is 23.1. The number of ether oxygens (including phenoxy) is 1. The van der Waals surface area contributed by atoms with Gasteiger partial charge < -0.3 is 25.2 Å².